The molecule has 0 atom stereocenters. The number of aryl methyl sites for hydroxylation is 1. The second-order valence-electron chi connectivity index (χ2n) is 5.07. The fraction of sp³-hybridized carbons (Fsp3) is 0.0588. The number of phenolic OH excluding ortho intramolecular Hbond substituents is 1. The number of hydrogen-bond acceptors (Lipinski definition) is 5. The number of amides is 1. The lowest BCUT2D eigenvalue weighted by Crippen LogP contribution is -2.11. The Hall–Kier alpha value is -2.38. The average Bonchev–Trinajstić information content (AvgIpc) is 2.92. The maximum absolute atomic E-state index is 12.4. The lowest BCUT2D eigenvalue weighted by Gasteiger charge is -2.04. The highest BCUT2D eigenvalue weighted by Gasteiger charge is 2.15. The topological polar surface area (TPSA) is 74.2 Å². The Morgan fingerprint density at radius 2 is 1.71 bits per heavy atom. The summed E-state index contributed by atoms with van der Waals surface area (Å²) in [6, 6.07) is 14.1. The van der Waals surface area contributed by atoms with Crippen molar-refractivity contribution in [2.24, 2.45) is 0 Å². The lowest BCUT2D eigenvalue weighted by atomic mass is 10.3. The number of aromatic hydroxyl groups is 1. The molecule has 0 bridgehead atoms. The molecule has 0 spiro atoms. The lowest BCUT2D eigenvalue weighted by molar-refractivity contribution is 0.103. The Morgan fingerprint density at radius 1 is 1.08 bits per heavy atom. The van der Waals surface area contributed by atoms with Crippen molar-refractivity contribution in [1.29, 1.82) is 0 Å². The van der Waals surface area contributed by atoms with Gasteiger partial charge in [0.1, 0.15) is 10.6 Å². The van der Waals surface area contributed by atoms with E-state index in [1.54, 1.807) is 31.2 Å². The van der Waals surface area contributed by atoms with Crippen LogP contribution in [-0.4, -0.2) is 16.0 Å². The molecule has 1 aromatic heterocycles. The van der Waals surface area contributed by atoms with Crippen molar-refractivity contribution in [3.63, 3.8) is 0 Å². The highest BCUT2D eigenvalue weighted by Crippen LogP contribution is 2.27. The minimum absolute atomic E-state index is 0.189. The SMILES string of the molecule is Cc1nc(Nc2ccc(O)cc2)sc1C(=O)Nc1ccc(Br)cc1. The van der Waals surface area contributed by atoms with Crippen LogP contribution in [0.3, 0.4) is 0 Å². The third-order valence-electron chi connectivity index (χ3n) is 3.22. The van der Waals surface area contributed by atoms with Crippen molar-refractivity contribution in [2.75, 3.05) is 10.6 Å². The van der Waals surface area contributed by atoms with Gasteiger partial charge in [-0.05, 0) is 55.5 Å². The van der Waals surface area contributed by atoms with Crippen LogP contribution < -0.4 is 10.6 Å². The fourth-order valence-corrected chi connectivity index (χ4v) is 3.20. The molecule has 0 fully saturated rings. The van der Waals surface area contributed by atoms with Crippen LogP contribution in [-0.2, 0) is 0 Å². The first kappa shape index (κ1) is 16.5. The summed E-state index contributed by atoms with van der Waals surface area (Å²) >= 11 is 4.65. The monoisotopic (exact) mass is 403 g/mol. The Balaban J connectivity index is 1.74. The van der Waals surface area contributed by atoms with Crippen molar-refractivity contribution in [2.45, 2.75) is 6.92 Å². The molecule has 1 heterocycles. The van der Waals surface area contributed by atoms with E-state index in [1.807, 2.05) is 24.3 Å². The van der Waals surface area contributed by atoms with Crippen LogP contribution in [0, 0.1) is 6.92 Å². The minimum Gasteiger partial charge on any atom is -0.508 e. The van der Waals surface area contributed by atoms with Crippen molar-refractivity contribution in [3.8, 4) is 5.75 Å². The standard InChI is InChI=1S/C17H14BrN3O2S/c1-10-15(16(23)20-12-4-2-11(18)3-5-12)24-17(19-10)21-13-6-8-14(22)9-7-13/h2-9,22H,1H3,(H,19,21)(H,20,23). The molecule has 24 heavy (non-hydrogen) atoms. The molecule has 0 saturated heterocycles. The highest BCUT2D eigenvalue weighted by atomic mass is 79.9. The molecule has 0 saturated carbocycles. The van der Waals surface area contributed by atoms with E-state index >= 15 is 0 Å². The summed E-state index contributed by atoms with van der Waals surface area (Å²) in [7, 11) is 0. The van der Waals surface area contributed by atoms with Gasteiger partial charge in [-0.15, -0.1) is 0 Å². The summed E-state index contributed by atoms with van der Waals surface area (Å²) < 4.78 is 0.954. The smallest absolute Gasteiger partial charge is 0.267 e. The number of nitrogens with zero attached hydrogens (tertiary/aromatic N) is 1. The zero-order valence-electron chi connectivity index (χ0n) is 12.7. The van der Waals surface area contributed by atoms with Crippen molar-refractivity contribution in [3.05, 3.63) is 63.6 Å². The Kier molecular flexibility index (Phi) is 4.82. The molecule has 1 amide bonds. The molecule has 0 aliphatic rings. The predicted octanol–water partition coefficient (Wildman–Crippen LogP) is 4.92. The quantitative estimate of drug-likeness (QED) is 0.540. The molecule has 2 aromatic carbocycles. The van der Waals surface area contributed by atoms with Gasteiger partial charge in [-0.3, -0.25) is 4.79 Å². The van der Waals surface area contributed by atoms with Gasteiger partial charge in [0, 0.05) is 15.8 Å². The van der Waals surface area contributed by atoms with Crippen LogP contribution in [0.1, 0.15) is 15.4 Å². The number of carbonyl (C=O) groups excluding carboxylic acids is 1. The number of hydrogen-bond donors (Lipinski definition) is 3. The summed E-state index contributed by atoms with van der Waals surface area (Å²) in [5.74, 6) is 0.0107. The first-order valence-corrected chi connectivity index (χ1v) is 8.72. The van der Waals surface area contributed by atoms with Gasteiger partial charge in [-0.25, -0.2) is 4.98 Å². The number of anilines is 3. The van der Waals surface area contributed by atoms with Gasteiger partial charge in [0.05, 0.1) is 5.69 Å². The van der Waals surface area contributed by atoms with E-state index in [-0.39, 0.29) is 11.7 Å². The maximum atomic E-state index is 12.4. The van der Waals surface area contributed by atoms with E-state index in [4.69, 9.17) is 0 Å². The van der Waals surface area contributed by atoms with Gasteiger partial charge in [0.25, 0.3) is 5.91 Å². The van der Waals surface area contributed by atoms with Crippen LogP contribution in [0.2, 0.25) is 0 Å². The van der Waals surface area contributed by atoms with Gasteiger partial charge < -0.3 is 15.7 Å². The Bertz CT molecular complexity index is 861. The van der Waals surface area contributed by atoms with E-state index in [2.05, 4.69) is 31.5 Å². The first-order valence-electron chi connectivity index (χ1n) is 7.11. The number of thiazole rings is 1. The number of halogens is 1. The minimum atomic E-state index is -0.189. The molecule has 7 heteroatoms. The zero-order chi connectivity index (χ0) is 17.1. The Labute approximate surface area is 151 Å². The van der Waals surface area contributed by atoms with Crippen LogP contribution in [0.25, 0.3) is 0 Å². The second-order valence-corrected chi connectivity index (χ2v) is 6.98. The summed E-state index contributed by atoms with van der Waals surface area (Å²) in [6.07, 6.45) is 0. The van der Waals surface area contributed by atoms with E-state index in [9.17, 15) is 9.90 Å². The summed E-state index contributed by atoms with van der Waals surface area (Å²) in [5, 5.41) is 15.9. The predicted molar refractivity (Wildman–Crippen MR) is 100 cm³/mol. The first-order chi connectivity index (χ1) is 11.5. The van der Waals surface area contributed by atoms with Gasteiger partial charge in [-0.1, -0.05) is 27.3 Å². The average molecular weight is 404 g/mol. The van der Waals surface area contributed by atoms with Crippen molar-refractivity contribution in [1.82, 2.24) is 4.98 Å². The third kappa shape index (κ3) is 3.93. The highest BCUT2D eigenvalue weighted by molar-refractivity contribution is 9.10. The molecule has 3 aromatic rings. The molecule has 5 nitrogen and oxygen atoms in total. The largest absolute Gasteiger partial charge is 0.508 e. The molecule has 122 valence electrons. The van der Waals surface area contributed by atoms with Crippen molar-refractivity contribution >= 4 is 49.7 Å². The van der Waals surface area contributed by atoms with E-state index < -0.39 is 0 Å². The number of benzene rings is 2. The molecule has 3 N–H and O–H groups in total. The molecular weight excluding hydrogens is 390 g/mol. The van der Waals surface area contributed by atoms with E-state index in [0.717, 1.165) is 15.8 Å². The van der Waals surface area contributed by atoms with Gasteiger partial charge in [0.2, 0.25) is 0 Å². The van der Waals surface area contributed by atoms with E-state index in [1.165, 1.54) is 11.3 Å². The number of rotatable bonds is 4. The summed E-state index contributed by atoms with van der Waals surface area (Å²) in [6.45, 7) is 1.80. The van der Waals surface area contributed by atoms with Crippen LogP contribution in [0.5, 0.6) is 5.75 Å². The normalized spacial score (nSPS) is 10.4. The second kappa shape index (κ2) is 7.02. The number of aromatic nitrogens is 1. The van der Waals surface area contributed by atoms with Crippen LogP contribution in [0.4, 0.5) is 16.5 Å². The van der Waals surface area contributed by atoms with Crippen LogP contribution >= 0.6 is 27.3 Å². The number of nitrogens with one attached hydrogen (secondary N) is 2. The third-order valence-corrected chi connectivity index (χ3v) is 4.82. The van der Waals surface area contributed by atoms with Crippen molar-refractivity contribution < 1.29 is 9.90 Å². The summed E-state index contributed by atoms with van der Waals surface area (Å²) in [4.78, 5) is 17.4. The van der Waals surface area contributed by atoms with E-state index in [0.29, 0.717) is 15.7 Å². The van der Waals surface area contributed by atoms with Gasteiger partial charge >= 0.3 is 0 Å². The number of phenols is 1. The molecule has 0 aliphatic carbocycles. The molecule has 0 radical (unpaired) electrons. The zero-order valence-corrected chi connectivity index (χ0v) is 15.1. The molecule has 0 unspecified atom stereocenters. The molecule has 3 rings (SSSR count). The Morgan fingerprint density at radius 3 is 2.38 bits per heavy atom. The summed E-state index contributed by atoms with van der Waals surface area (Å²) in [5.41, 5.74) is 2.18. The molecule has 0 aliphatic heterocycles. The maximum Gasteiger partial charge on any atom is 0.267 e. The fourth-order valence-electron chi connectivity index (χ4n) is 2.05. The van der Waals surface area contributed by atoms with Gasteiger partial charge in [0.15, 0.2) is 5.13 Å². The van der Waals surface area contributed by atoms with Gasteiger partial charge in [-0.2, -0.15) is 0 Å². The van der Waals surface area contributed by atoms with Crippen LogP contribution in [0.15, 0.2) is 53.0 Å². The number of carbonyl (C=O) groups is 1. The molecular formula is C17H14BrN3O2S.